The first-order valence-corrected chi connectivity index (χ1v) is 9.79. The Morgan fingerprint density at radius 1 is 1.16 bits per heavy atom. The third-order valence-electron chi connectivity index (χ3n) is 5.08. The van der Waals surface area contributed by atoms with Gasteiger partial charge in [-0.2, -0.15) is 0 Å². The molecule has 0 bridgehead atoms. The van der Waals surface area contributed by atoms with Crippen LogP contribution >= 0.6 is 22.9 Å². The Kier molecular flexibility index (Phi) is 4.63. The minimum atomic E-state index is 0.521. The summed E-state index contributed by atoms with van der Waals surface area (Å²) in [4.78, 5) is 14.9. The van der Waals surface area contributed by atoms with Crippen molar-refractivity contribution >= 4 is 39.0 Å². The topological polar surface area (TPSA) is 32.3 Å². The van der Waals surface area contributed by atoms with Crippen molar-refractivity contribution in [3.63, 3.8) is 0 Å². The monoisotopic (exact) mass is 372 g/mol. The SMILES string of the molecule is CN1CCC(N(C)c2ncnc3scc(-c4ccc(Cl)cc4)c23)CC1. The van der Waals surface area contributed by atoms with Crippen molar-refractivity contribution in [1.82, 2.24) is 14.9 Å². The quantitative estimate of drug-likeness (QED) is 0.675. The highest BCUT2D eigenvalue weighted by atomic mass is 35.5. The Labute approximate surface area is 157 Å². The zero-order chi connectivity index (χ0) is 17.4. The smallest absolute Gasteiger partial charge is 0.141 e. The molecule has 0 unspecified atom stereocenters. The van der Waals surface area contributed by atoms with Gasteiger partial charge in [-0.05, 0) is 50.7 Å². The second kappa shape index (κ2) is 6.90. The molecule has 1 aromatic carbocycles. The lowest BCUT2D eigenvalue weighted by molar-refractivity contribution is 0.252. The molecule has 25 heavy (non-hydrogen) atoms. The molecule has 1 aliphatic heterocycles. The van der Waals surface area contributed by atoms with Gasteiger partial charge in [0.15, 0.2) is 0 Å². The van der Waals surface area contributed by atoms with Gasteiger partial charge >= 0.3 is 0 Å². The van der Waals surface area contributed by atoms with E-state index in [1.54, 1.807) is 17.7 Å². The number of fused-ring (bicyclic) bond motifs is 1. The number of benzene rings is 1. The van der Waals surface area contributed by atoms with E-state index in [0.717, 1.165) is 39.7 Å². The molecule has 0 atom stereocenters. The Bertz CT molecular complexity index is 869. The third kappa shape index (κ3) is 3.24. The van der Waals surface area contributed by atoms with Gasteiger partial charge in [0.1, 0.15) is 17.0 Å². The lowest BCUT2D eigenvalue weighted by atomic mass is 10.0. The average molecular weight is 373 g/mol. The fraction of sp³-hybridized carbons (Fsp3) is 0.368. The molecule has 0 aliphatic carbocycles. The number of rotatable bonds is 3. The highest BCUT2D eigenvalue weighted by Crippen LogP contribution is 2.38. The van der Waals surface area contributed by atoms with Gasteiger partial charge in [-0.15, -0.1) is 11.3 Å². The zero-order valence-corrected chi connectivity index (χ0v) is 16.0. The molecule has 0 N–H and O–H groups in total. The Morgan fingerprint density at radius 2 is 1.88 bits per heavy atom. The summed E-state index contributed by atoms with van der Waals surface area (Å²) in [5.41, 5.74) is 2.34. The van der Waals surface area contributed by atoms with Gasteiger partial charge in [0, 0.05) is 29.1 Å². The first-order chi connectivity index (χ1) is 12.1. The predicted octanol–water partition coefficient (Wildman–Crippen LogP) is 4.54. The fourth-order valence-electron chi connectivity index (χ4n) is 3.52. The molecule has 130 valence electrons. The number of halogens is 1. The Hall–Kier alpha value is -1.69. The minimum absolute atomic E-state index is 0.521. The summed E-state index contributed by atoms with van der Waals surface area (Å²) in [5, 5.41) is 4.08. The van der Waals surface area contributed by atoms with E-state index in [1.165, 1.54) is 18.4 Å². The second-order valence-electron chi connectivity index (χ2n) is 6.68. The van der Waals surface area contributed by atoms with Crippen molar-refractivity contribution in [3.8, 4) is 11.1 Å². The van der Waals surface area contributed by atoms with Gasteiger partial charge < -0.3 is 9.80 Å². The molecular formula is C19H21ClN4S. The highest BCUT2D eigenvalue weighted by Gasteiger charge is 2.24. The highest BCUT2D eigenvalue weighted by molar-refractivity contribution is 7.17. The number of aromatic nitrogens is 2. The molecule has 4 nitrogen and oxygen atoms in total. The number of thiophene rings is 1. The first-order valence-electron chi connectivity index (χ1n) is 8.53. The first kappa shape index (κ1) is 16.8. The van der Waals surface area contributed by atoms with Crippen LogP contribution in [0.15, 0.2) is 36.0 Å². The van der Waals surface area contributed by atoms with Gasteiger partial charge in [-0.25, -0.2) is 9.97 Å². The normalized spacial score (nSPS) is 16.4. The summed E-state index contributed by atoms with van der Waals surface area (Å²) in [6, 6.07) is 8.52. The van der Waals surface area contributed by atoms with Crippen LogP contribution in [-0.4, -0.2) is 48.1 Å². The molecule has 3 aromatic rings. The van der Waals surface area contributed by atoms with Crippen molar-refractivity contribution in [2.75, 3.05) is 32.1 Å². The maximum atomic E-state index is 6.05. The molecule has 1 fully saturated rings. The van der Waals surface area contributed by atoms with Gasteiger partial charge in [0.05, 0.1) is 5.39 Å². The molecule has 0 radical (unpaired) electrons. The molecule has 3 heterocycles. The third-order valence-corrected chi connectivity index (χ3v) is 6.21. The molecule has 1 saturated heterocycles. The molecule has 1 aliphatic rings. The number of hydrogen-bond donors (Lipinski definition) is 0. The molecular weight excluding hydrogens is 352 g/mol. The minimum Gasteiger partial charge on any atom is -0.356 e. The second-order valence-corrected chi connectivity index (χ2v) is 7.97. The van der Waals surface area contributed by atoms with Crippen LogP contribution in [0.5, 0.6) is 0 Å². The number of hydrogen-bond acceptors (Lipinski definition) is 5. The van der Waals surface area contributed by atoms with Gasteiger partial charge in [-0.1, -0.05) is 23.7 Å². The van der Waals surface area contributed by atoms with Crippen LogP contribution in [0.2, 0.25) is 5.02 Å². The molecule has 4 rings (SSSR count). The van der Waals surface area contributed by atoms with E-state index in [0.29, 0.717) is 6.04 Å². The van der Waals surface area contributed by atoms with Crippen LogP contribution in [0.25, 0.3) is 21.3 Å². The van der Waals surface area contributed by atoms with Crippen LogP contribution in [0, 0.1) is 0 Å². The molecule has 0 amide bonds. The van der Waals surface area contributed by atoms with Crippen LogP contribution in [0.1, 0.15) is 12.8 Å². The summed E-state index contributed by atoms with van der Waals surface area (Å²) in [7, 11) is 4.36. The van der Waals surface area contributed by atoms with E-state index in [-0.39, 0.29) is 0 Å². The summed E-state index contributed by atoms with van der Waals surface area (Å²) in [6.07, 6.45) is 4.02. The maximum absolute atomic E-state index is 6.05. The average Bonchev–Trinajstić information content (AvgIpc) is 3.07. The van der Waals surface area contributed by atoms with Crippen molar-refractivity contribution in [2.45, 2.75) is 18.9 Å². The summed E-state index contributed by atoms with van der Waals surface area (Å²) in [5.74, 6) is 1.03. The number of nitrogens with zero attached hydrogens (tertiary/aromatic N) is 4. The van der Waals surface area contributed by atoms with E-state index in [2.05, 4.69) is 51.4 Å². The van der Waals surface area contributed by atoms with E-state index in [4.69, 9.17) is 11.6 Å². The van der Waals surface area contributed by atoms with Crippen molar-refractivity contribution in [3.05, 3.63) is 41.0 Å². The Balaban J connectivity index is 1.76. The van der Waals surface area contributed by atoms with Crippen LogP contribution < -0.4 is 4.90 Å². The van der Waals surface area contributed by atoms with Crippen molar-refractivity contribution in [1.29, 1.82) is 0 Å². The van der Waals surface area contributed by atoms with Gasteiger partial charge in [-0.3, -0.25) is 0 Å². The van der Waals surface area contributed by atoms with Gasteiger partial charge in [0.25, 0.3) is 0 Å². The molecule has 6 heteroatoms. The van der Waals surface area contributed by atoms with Crippen molar-refractivity contribution in [2.24, 2.45) is 0 Å². The molecule has 0 saturated carbocycles. The van der Waals surface area contributed by atoms with E-state index in [1.807, 2.05) is 12.1 Å². The number of likely N-dealkylation sites (tertiary alicyclic amines) is 1. The summed E-state index contributed by atoms with van der Waals surface area (Å²) < 4.78 is 0. The fourth-order valence-corrected chi connectivity index (χ4v) is 4.56. The van der Waals surface area contributed by atoms with E-state index >= 15 is 0 Å². The van der Waals surface area contributed by atoms with Crippen LogP contribution in [0.4, 0.5) is 5.82 Å². The standard InChI is InChI=1S/C19H21ClN4S/c1-23-9-7-15(8-10-23)24(2)18-17-16(11-25-19(17)22-12-21-18)13-3-5-14(20)6-4-13/h3-6,11-12,15H,7-10H2,1-2H3. The zero-order valence-electron chi connectivity index (χ0n) is 14.4. The largest absolute Gasteiger partial charge is 0.356 e. The number of anilines is 1. The molecule has 0 spiro atoms. The Morgan fingerprint density at radius 3 is 2.60 bits per heavy atom. The van der Waals surface area contributed by atoms with Crippen LogP contribution in [-0.2, 0) is 0 Å². The predicted molar refractivity (Wildman–Crippen MR) is 107 cm³/mol. The summed E-state index contributed by atoms with van der Waals surface area (Å²) >= 11 is 7.72. The number of piperidine rings is 1. The van der Waals surface area contributed by atoms with Gasteiger partial charge in [0.2, 0.25) is 0 Å². The van der Waals surface area contributed by atoms with Crippen molar-refractivity contribution < 1.29 is 0 Å². The summed E-state index contributed by atoms with van der Waals surface area (Å²) in [6.45, 7) is 2.27. The van der Waals surface area contributed by atoms with E-state index in [9.17, 15) is 0 Å². The maximum Gasteiger partial charge on any atom is 0.141 e. The van der Waals surface area contributed by atoms with Crippen LogP contribution in [0.3, 0.4) is 0 Å². The van der Waals surface area contributed by atoms with E-state index < -0.39 is 0 Å². The lowest BCUT2D eigenvalue weighted by Gasteiger charge is -2.36. The lowest BCUT2D eigenvalue weighted by Crippen LogP contribution is -2.42. The molecule has 2 aromatic heterocycles.